The molecule has 2 atom stereocenters. The fraction of sp³-hybridized carbons (Fsp3) is 0.636. The number of alkyl halides is 2. The Morgan fingerprint density at radius 3 is 2.20 bits per heavy atom. The van der Waals surface area contributed by atoms with Crippen LogP contribution >= 0.6 is 23.2 Å². The van der Waals surface area contributed by atoms with Crippen molar-refractivity contribution < 1.29 is 19.4 Å². The number of ether oxygens (including phenoxy) is 1. The van der Waals surface area contributed by atoms with Gasteiger partial charge < -0.3 is 20.1 Å². The first-order valence-electron chi connectivity index (χ1n) is 10.1. The number of carboxylic acids is 1. The summed E-state index contributed by atoms with van der Waals surface area (Å²) in [5.41, 5.74) is 3.40. The van der Waals surface area contributed by atoms with Gasteiger partial charge in [0.15, 0.2) is 0 Å². The highest BCUT2D eigenvalue weighted by Crippen LogP contribution is 2.34. The first kappa shape index (κ1) is 26.4. The van der Waals surface area contributed by atoms with Gasteiger partial charge in [-0.05, 0) is 57.4 Å². The summed E-state index contributed by atoms with van der Waals surface area (Å²) in [7, 11) is 0. The molecule has 0 spiro atoms. The van der Waals surface area contributed by atoms with E-state index in [1.807, 2.05) is 32.9 Å². The minimum Gasteiger partial charge on any atom is -0.481 e. The zero-order valence-electron chi connectivity index (χ0n) is 18.7. The van der Waals surface area contributed by atoms with Crippen LogP contribution in [-0.4, -0.2) is 53.7 Å². The van der Waals surface area contributed by atoms with Crippen molar-refractivity contribution in [1.29, 1.82) is 0 Å². The third-order valence-corrected chi connectivity index (χ3v) is 5.25. The van der Waals surface area contributed by atoms with Gasteiger partial charge in [0.2, 0.25) is 0 Å². The van der Waals surface area contributed by atoms with Gasteiger partial charge in [0, 0.05) is 42.5 Å². The molecule has 30 heavy (non-hydrogen) atoms. The molecule has 0 aliphatic carbocycles. The first-order valence-corrected chi connectivity index (χ1v) is 11.2. The molecule has 1 aromatic rings. The van der Waals surface area contributed by atoms with E-state index in [4.69, 9.17) is 27.9 Å². The number of halogens is 2. The lowest BCUT2D eigenvalue weighted by Crippen LogP contribution is -2.43. The molecule has 170 valence electrons. The van der Waals surface area contributed by atoms with Crippen LogP contribution in [0.2, 0.25) is 0 Å². The molecule has 1 aromatic carbocycles. The van der Waals surface area contributed by atoms with Crippen molar-refractivity contribution in [2.75, 3.05) is 29.7 Å². The molecule has 8 heteroatoms. The number of carbonyl (C=O) groups is 2. The lowest BCUT2D eigenvalue weighted by Gasteiger charge is -2.31. The van der Waals surface area contributed by atoms with E-state index in [9.17, 15) is 14.7 Å². The van der Waals surface area contributed by atoms with Gasteiger partial charge in [0.25, 0.3) is 0 Å². The number of alkyl carbamates (subject to hydrolysis) is 1. The Bertz CT molecular complexity index is 729. The number of hydrogen-bond acceptors (Lipinski definition) is 4. The van der Waals surface area contributed by atoms with E-state index in [1.54, 1.807) is 20.8 Å². The molecular formula is C22H34Cl2N2O4. The Labute approximate surface area is 189 Å². The van der Waals surface area contributed by atoms with E-state index in [0.717, 1.165) is 22.4 Å². The average Bonchev–Trinajstić information content (AvgIpc) is 2.59. The largest absolute Gasteiger partial charge is 0.481 e. The lowest BCUT2D eigenvalue weighted by atomic mass is 9.84. The van der Waals surface area contributed by atoms with Gasteiger partial charge in [-0.25, -0.2) is 4.79 Å². The highest BCUT2D eigenvalue weighted by molar-refractivity contribution is 6.18. The van der Waals surface area contributed by atoms with E-state index in [1.165, 1.54) is 0 Å². The quantitative estimate of drug-likeness (QED) is 0.477. The minimum atomic E-state index is -0.986. The monoisotopic (exact) mass is 460 g/mol. The van der Waals surface area contributed by atoms with Crippen LogP contribution in [0, 0.1) is 13.8 Å². The van der Waals surface area contributed by atoms with Crippen molar-refractivity contribution >= 4 is 41.0 Å². The Balaban J connectivity index is 3.30. The number of amides is 1. The molecule has 1 rings (SSSR count). The molecule has 0 bridgehead atoms. The molecular weight excluding hydrogens is 427 g/mol. The molecule has 0 saturated carbocycles. The maximum absolute atomic E-state index is 12.3. The van der Waals surface area contributed by atoms with Crippen LogP contribution in [0.5, 0.6) is 0 Å². The Morgan fingerprint density at radius 1 is 1.17 bits per heavy atom. The van der Waals surface area contributed by atoms with Crippen molar-refractivity contribution in [2.45, 2.75) is 65.5 Å². The Hall–Kier alpha value is -1.66. The summed E-state index contributed by atoms with van der Waals surface area (Å²) in [6, 6.07) is 3.42. The molecule has 0 radical (unpaired) electrons. The second-order valence-corrected chi connectivity index (χ2v) is 9.20. The predicted molar refractivity (Wildman–Crippen MR) is 123 cm³/mol. The van der Waals surface area contributed by atoms with E-state index >= 15 is 0 Å². The number of rotatable bonds is 10. The lowest BCUT2D eigenvalue weighted by molar-refractivity contribution is -0.137. The van der Waals surface area contributed by atoms with Crippen LogP contribution in [-0.2, 0) is 9.53 Å². The molecule has 0 aliphatic heterocycles. The van der Waals surface area contributed by atoms with Crippen LogP contribution in [0.1, 0.15) is 56.7 Å². The standard InChI is InChI=1S/C22H34Cl2N2O4/c1-14-7-8-18(26(11-9-23)12-10-24)16(3)20(14)15(2)17(13-19(27)28)25-21(29)30-22(4,5)6/h7-8,15,17H,9-13H2,1-6H3,(H,25,29)(H,27,28)/t15?,17-/m0/s1. The van der Waals surface area contributed by atoms with Crippen molar-refractivity contribution in [2.24, 2.45) is 0 Å². The van der Waals surface area contributed by atoms with Gasteiger partial charge in [0.1, 0.15) is 5.60 Å². The highest BCUT2D eigenvalue weighted by atomic mass is 35.5. The molecule has 1 amide bonds. The van der Waals surface area contributed by atoms with Crippen molar-refractivity contribution in [3.05, 3.63) is 28.8 Å². The van der Waals surface area contributed by atoms with E-state index < -0.39 is 23.7 Å². The van der Waals surface area contributed by atoms with E-state index in [0.29, 0.717) is 24.8 Å². The summed E-state index contributed by atoms with van der Waals surface area (Å²) in [5, 5.41) is 12.2. The second kappa shape index (κ2) is 11.7. The van der Waals surface area contributed by atoms with Crippen LogP contribution in [0.3, 0.4) is 0 Å². The van der Waals surface area contributed by atoms with Crippen molar-refractivity contribution in [3.8, 4) is 0 Å². The van der Waals surface area contributed by atoms with Crippen LogP contribution in [0.4, 0.5) is 10.5 Å². The minimum absolute atomic E-state index is 0.212. The van der Waals surface area contributed by atoms with Gasteiger partial charge in [-0.2, -0.15) is 0 Å². The summed E-state index contributed by atoms with van der Waals surface area (Å²) in [6.07, 6.45) is -0.839. The average molecular weight is 461 g/mol. The number of aryl methyl sites for hydroxylation is 1. The number of hydrogen-bond donors (Lipinski definition) is 2. The van der Waals surface area contributed by atoms with E-state index in [-0.39, 0.29) is 12.3 Å². The number of nitrogens with one attached hydrogen (secondary N) is 1. The highest BCUT2D eigenvalue weighted by Gasteiger charge is 2.29. The summed E-state index contributed by atoms with van der Waals surface area (Å²) in [5.74, 6) is -0.295. The van der Waals surface area contributed by atoms with Gasteiger partial charge in [-0.3, -0.25) is 4.79 Å². The smallest absolute Gasteiger partial charge is 0.407 e. The maximum Gasteiger partial charge on any atom is 0.407 e. The molecule has 0 saturated heterocycles. The Morgan fingerprint density at radius 2 is 1.73 bits per heavy atom. The zero-order chi connectivity index (χ0) is 23.1. The van der Waals surface area contributed by atoms with Crippen LogP contribution in [0.15, 0.2) is 12.1 Å². The molecule has 0 aliphatic rings. The SMILES string of the molecule is Cc1ccc(N(CCCl)CCCl)c(C)c1C(C)[C@H](CC(=O)O)NC(=O)OC(C)(C)C. The van der Waals surface area contributed by atoms with Crippen LogP contribution < -0.4 is 10.2 Å². The van der Waals surface area contributed by atoms with Crippen molar-refractivity contribution in [1.82, 2.24) is 5.32 Å². The molecule has 6 nitrogen and oxygen atoms in total. The van der Waals surface area contributed by atoms with E-state index in [2.05, 4.69) is 10.2 Å². The molecule has 2 N–H and O–H groups in total. The molecule has 1 unspecified atom stereocenters. The maximum atomic E-state index is 12.3. The molecule has 0 heterocycles. The fourth-order valence-electron chi connectivity index (χ4n) is 3.65. The predicted octanol–water partition coefficient (Wildman–Crippen LogP) is 5.06. The van der Waals surface area contributed by atoms with Crippen LogP contribution in [0.25, 0.3) is 0 Å². The number of benzene rings is 1. The third-order valence-electron chi connectivity index (χ3n) is 4.91. The normalized spacial score (nSPS) is 13.5. The number of aliphatic carboxylic acids is 1. The summed E-state index contributed by atoms with van der Waals surface area (Å²) < 4.78 is 5.34. The molecule has 0 fully saturated rings. The van der Waals surface area contributed by atoms with Gasteiger partial charge in [-0.1, -0.05) is 13.0 Å². The summed E-state index contributed by atoms with van der Waals surface area (Å²) >= 11 is 11.9. The zero-order valence-corrected chi connectivity index (χ0v) is 20.2. The first-order chi connectivity index (χ1) is 13.9. The number of carbonyl (C=O) groups excluding carboxylic acids is 1. The third kappa shape index (κ3) is 7.88. The summed E-state index contributed by atoms with van der Waals surface area (Å²) in [6.45, 7) is 12.5. The number of nitrogens with zero attached hydrogens (tertiary/aromatic N) is 1. The number of anilines is 1. The summed E-state index contributed by atoms with van der Waals surface area (Å²) in [4.78, 5) is 26.0. The molecule has 0 aromatic heterocycles. The van der Waals surface area contributed by atoms with Gasteiger partial charge in [0.05, 0.1) is 6.42 Å². The topological polar surface area (TPSA) is 78.9 Å². The van der Waals surface area contributed by atoms with Crippen molar-refractivity contribution in [3.63, 3.8) is 0 Å². The Kier molecular flexibility index (Phi) is 10.2. The fourth-order valence-corrected chi connectivity index (χ4v) is 4.06. The van der Waals surface area contributed by atoms with Gasteiger partial charge in [-0.15, -0.1) is 23.2 Å². The number of carboxylic acid groups (broad SMARTS) is 1. The second-order valence-electron chi connectivity index (χ2n) is 8.44. The van der Waals surface area contributed by atoms with Gasteiger partial charge >= 0.3 is 12.1 Å².